The first kappa shape index (κ1) is 29.3. The van der Waals surface area contributed by atoms with Crippen molar-refractivity contribution >= 4 is 27.5 Å². The van der Waals surface area contributed by atoms with Gasteiger partial charge >= 0.3 is 0 Å². The molecule has 0 bridgehead atoms. The number of fused-ring (bicyclic) bond motifs is 2. The van der Waals surface area contributed by atoms with Crippen LogP contribution in [0.15, 0.2) is 71.6 Å². The normalized spacial score (nSPS) is 20.3. The quantitative estimate of drug-likeness (QED) is 0.406. The summed E-state index contributed by atoms with van der Waals surface area (Å²) < 4.78 is 59.4. The molecule has 222 valence electrons. The van der Waals surface area contributed by atoms with Crippen LogP contribution in [-0.4, -0.2) is 64.1 Å². The highest BCUT2D eigenvalue weighted by Gasteiger charge is 2.39. The molecular formula is C30H32FN3O7S. The average molecular weight is 598 g/mol. The Balaban J connectivity index is 1.23. The largest absolute Gasteiger partial charge is 0.497 e. The molecule has 12 heteroatoms. The predicted molar refractivity (Wildman–Crippen MR) is 152 cm³/mol. The van der Waals surface area contributed by atoms with Gasteiger partial charge in [-0.2, -0.15) is 0 Å². The van der Waals surface area contributed by atoms with Gasteiger partial charge in [0, 0.05) is 19.3 Å². The van der Waals surface area contributed by atoms with Crippen molar-refractivity contribution in [1.29, 1.82) is 0 Å². The number of methoxy groups -OCH3 is 1. The lowest BCUT2D eigenvalue weighted by atomic mass is 9.94. The van der Waals surface area contributed by atoms with Gasteiger partial charge in [0.25, 0.3) is 15.9 Å². The molecule has 1 fully saturated rings. The molecule has 0 unspecified atom stereocenters. The zero-order valence-corrected chi connectivity index (χ0v) is 24.0. The molecule has 0 aromatic heterocycles. The number of hydrogen-bond acceptors (Lipinski definition) is 7. The van der Waals surface area contributed by atoms with E-state index in [9.17, 15) is 22.4 Å². The molecule has 2 aliphatic rings. The number of halogens is 1. The van der Waals surface area contributed by atoms with E-state index < -0.39 is 26.8 Å². The van der Waals surface area contributed by atoms with E-state index in [-0.39, 0.29) is 54.0 Å². The number of anilines is 1. The molecule has 2 amide bonds. The summed E-state index contributed by atoms with van der Waals surface area (Å²) in [5.41, 5.74) is 1.19. The van der Waals surface area contributed by atoms with Gasteiger partial charge in [-0.15, -0.1) is 0 Å². The highest BCUT2D eigenvalue weighted by molar-refractivity contribution is 7.92. The van der Waals surface area contributed by atoms with E-state index in [1.54, 1.807) is 19.1 Å². The molecule has 3 aromatic rings. The van der Waals surface area contributed by atoms with Gasteiger partial charge < -0.3 is 24.4 Å². The van der Waals surface area contributed by atoms with Gasteiger partial charge in [0.2, 0.25) is 5.91 Å². The molecule has 3 aromatic carbocycles. The fourth-order valence-electron chi connectivity index (χ4n) is 5.23. The van der Waals surface area contributed by atoms with Crippen molar-refractivity contribution in [3.63, 3.8) is 0 Å². The van der Waals surface area contributed by atoms with Crippen LogP contribution in [0.4, 0.5) is 10.1 Å². The van der Waals surface area contributed by atoms with Crippen LogP contribution in [0.3, 0.4) is 0 Å². The number of amides is 2. The number of carbonyl (C=O) groups is 2. The molecule has 2 aliphatic heterocycles. The van der Waals surface area contributed by atoms with Crippen molar-refractivity contribution in [1.82, 2.24) is 10.2 Å². The van der Waals surface area contributed by atoms with Gasteiger partial charge in [-0.3, -0.25) is 14.3 Å². The Hall–Kier alpha value is -4.16. The number of nitrogens with one attached hydrogen (secondary N) is 2. The molecule has 0 spiro atoms. The minimum absolute atomic E-state index is 0.0967. The summed E-state index contributed by atoms with van der Waals surface area (Å²) in [5.74, 6) is -0.418. The minimum Gasteiger partial charge on any atom is -0.497 e. The second-order valence-electron chi connectivity index (χ2n) is 10.2. The van der Waals surface area contributed by atoms with E-state index >= 15 is 0 Å². The number of benzene rings is 3. The van der Waals surface area contributed by atoms with Gasteiger partial charge in [0.05, 0.1) is 31.2 Å². The molecule has 0 aliphatic carbocycles. The molecule has 42 heavy (non-hydrogen) atoms. The molecular weight excluding hydrogens is 565 g/mol. The Morgan fingerprint density at radius 1 is 1.10 bits per heavy atom. The van der Waals surface area contributed by atoms with Crippen molar-refractivity contribution < 1.29 is 36.6 Å². The standard InChI is InChI=1S/C30H32FN3O7S/c1-34-25-12-11-22(16-29(35)32-17-19-6-5-7-21(14-19)39-2)41-27(25)18-40-26-13-10-20(15-23(26)30(34)36)33-42(37,38)28-9-4-3-8-24(28)31/h3-10,13-15,22,25,27,33H,11-12,16-18H2,1-2H3,(H,32,35)/t22-,25+,27+/m0/s1. The number of hydrogen-bond donors (Lipinski definition) is 2. The van der Waals surface area contributed by atoms with Crippen molar-refractivity contribution in [3.05, 3.63) is 83.7 Å². The lowest BCUT2D eigenvalue weighted by Gasteiger charge is -2.42. The summed E-state index contributed by atoms with van der Waals surface area (Å²) in [4.78, 5) is 27.2. The lowest BCUT2D eigenvalue weighted by Crippen LogP contribution is -2.53. The number of sulfonamides is 1. The van der Waals surface area contributed by atoms with Gasteiger partial charge in [-0.25, -0.2) is 12.8 Å². The summed E-state index contributed by atoms with van der Waals surface area (Å²) in [5, 5.41) is 2.92. The van der Waals surface area contributed by atoms with Crippen LogP contribution in [0, 0.1) is 5.82 Å². The number of carbonyl (C=O) groups excluding carboxylic acids is 2. The SMILES string of the molecule is COc1cccc(CNC(=O)C[C@@H]2CC[C@@H]3[C@@H](COc4ccc(NS(=O)(=O)c5ccccc5F)cc4C(=O)N3C)O2)c1. The third-order valence-corrected chi connectivity index (χ3v) is 8.84. The monoisotopic (exact) mass is 597 g/mol. The van der Waals surface area contributed by atoms with Gasteiger partial charge in [0.1, 0.15) is 34.9 Å². The van der Waals surface area contributed by atoms with Gasteiger partial charge in [0.15, 0.2) is 0 Å². The lowest BCUT2D eigenvalue weighted by molar-refractivity contribution is -0.134. The first-order valence-electron chi connectivity index (χ1n) is 13.5. The first-order valence-corrected chi connectivity index (χ1v) is 15.0. The van der Waals surface area contributed by atoms with E-state index in [1.165, 1.54) is 30.3 Å². The van der Waals surface area contributed by atoms with Crippen LogP contribution in [0.1, 0.15) is 35.2 Å². The Kier molecular flexibility index (Phi) is 8.64. The fourth-order valence-corrected chi connectivity index (χ4v) is 6.36. The third kappa shape index (κ3) is 6.50. The minimum atomic E-state index is -4.23. The Labute approximate surface area is 243 Å². The van der Waals surface area contributed by atoms with Crippen molar-refractivity contribution in [2.45, 2.75) is 49.0 Å². The maximum Gasteiger partial charge on any atom is 0.264 e. The highest BCUT2D eigenvalue weighted by Crippen LogP contribution is 2.33. The summed E-state index contributed by atoms with van der Waals surface area (Å²) in [6.07, 6.45) is 0.543. The molecule has 2 N–H and O–H groups in total. The van der Waals surface area contributed by atoms with E-state index in [4.69, 9.17) is 14.2 Å². The summed E-state index contributed by atoms with van der Waals surface area (Å²) in [6.45, 7) is 0.502. The molecule has 0 saturated carbocycles. The number of rotatable bonds is 8. The molecule has 5 rings (SSSR count). The van der Waals surface area contributed by atoms with Gasteiger partial charge in [-0.05, 0) is 60.9 Å². The van der Waals surface area contributed by atoms with Crippen LogP contribution in [-0.2, 0) is 26.1 Å². The molecule has 1 saturated heterocycles. The summed E-state index contributed by atoms with van der Waals surface area (Å²) in [6, 6.07) is 16.5. The maximum absolute atomic E-state index is 14.1. The Morgan fingerprint density at radius 2 is 1.90 bits per heavy atom. The second-order valence-corrected chi connectivity index (χ2v) is 11.9. The average Bonchev–Trinajstić information content (AvgIpc) is 2.98. The predicted octanol–water partition coefficient (Wildman–Crippen LogP) is 3.72. The van der Waals surface area contributed by atoms with Crippen molar-refractivity contribution in [2.24, 2.45) is 0 Å². The molecule has 2 heterocycles. The summed E-state index contributed by atoms with van der Waals surface area (Å²) >= 11 is 0. The summed E-state index contributed by atoms with van der Waals surface area (Å²) in [7, 11) is -0.974. The Bertz CT molecular complexity index is 1580. The van der Waals surface area contributed by atoms with Crippen LogP contribution in [0.5, 0.6) is 11.5 Å². The van der Waals surface area contributed by atoms with Crippen molar-refractivity contribution in [3.8, 4) is 11.5 Å². The van der Waals surface area contributed by atoms with E-state index in [0.717, 1.165) is 17.7 Å². The zero-order chi connectivity index (χ0) is 29.9. The van der Waals surface area contributed by atoms with Crippen LogP contribution in [0.25, 0.3) is 0 Å². The maximum atomic E-state index is 14.1. The highest BCUT2D eigenvalue weighted by atomic mass is 32.2. The second kappa shape index (κ2) is 12.4. The molecule has 0 radical (unpaired) electrons. The first-order chi connectivity index (χ1) is 20.1. The smallest absolute Gasteiger partial charge is 0.264 e. The van der Waals surface area contributed by atoms with Crippen LogP contribution < -0.4 is 19.5 Å². The van der Waals surface area contributed by atoms with Crippen LogP contribution in [0.2, 0.25) is 0 Å². The third-order valence-electron chi connectivity index (χ3n) is 7.43. The van der Waals surface area contributed by atoms with Crippen molar-refractivity contribution in [2.75, 3.05) is 25.5 Å². The number of likely N-dealkylation sites (N-methyl/N-ethyl adjacent to an activating group) is 1. The van der Waals surface area contributed by atoms with E-state index in [2.05, 4.69) is 10.0 Å². The zero-order valence-electron chi connectivity index (χ0n) is 23.2. The number of nitrogens with zero attached hydrogens (tertiary/aromatic N) is 1. The van der Waals surface area contributed by atoms with E-state index in [1.807, 2.05) is 24.3 Å². The fraction of sp³-hybridized carbons (Fsp3) is 0.333. The van der Waals surface area contributed by atoms with Crippen LogP contribution >= 0.6 is 0 Å². The van der Waals surface area contributed by atoms with Gasteiger partial charge in [-0.1, -0.05) is 24.3 Å². The Morgan fingerprint density at radius 3 is 2.69 bits per heavy atom. The topological polar surface area (TPSA) is 123 Å². The molecule has 10 nitrogen and oxygen atoms in total. The van der Waals surface area contributed by atoms with E-state index in [0.29, 0.717) is 25.1 Å². The number of ether oxygens (including phenoxy) is 3. The molecule has 3 atom stereocenters.